The third-order valence-electron chi connectivity index (χ3n) is 4.85. The lowest BCUT2D eigenvalue weighted by molar-refractivity contribution is 0.0106. The summed E-state index contributed by atoms with van der Waals surface area (Å²) in [5.74, 6) is 0. The molecule has 0 bridgehead atoms. The molecule has 26 heavy (non-hydrogen) atoms. The van der Waals surface area contributed by atoms with E-state index in [1.807, 2.05) is 42.1 Å². The number of benzene rings is 2. The molecule has 0 unspecified atom stereocenters. The molecule has 1 N–H and O–H groups in total. The van der Waals surface area contributed by atoms with Crippen molar-refractivity contribution in [1.82, 2.24) is 9.78 Å². The largest absolute Gasteiger partial charge is 0.384 e. The molecule has 138 valence electrons. The molecule has 3 nitrogen and oxygen atoms in total. The highest BCUT2D eigenvalue weighted by Crippen LogP contribution is 2.40. The van der Waals surface area contributed by atoms with Crippen LogP contribution < -0.4 is 0 Å². The SMILES string of the molecule is CCCC(O)(CCC)c1c2cccc(-c3ccc(Cl)cc3Cl)c2nn1C. The number of aryl methyl sites for hydroxylation is 1. The molecule has 3 aromatic rings. The Hall–Kier alpha value is -1.55. The van der Waals surface area contributed by atoms with Crippen LogP contribution in [0.5, 0.6) is 0 Å². The van der Waals surface area contributed by atoms with Crippen LogP contribution in [0.25, 0.3) is 22.0 Å². The number of fused-ring (bicyclic) bond motifs is 1. The quantitative estimate of drug-likeness (QED) is 0.533. The molecule has 0 saturated carbocycles. The van der Waals surface area contributed by atoms with E-state index in [1.165, 1.54) is 0 Å². The van der Waals surface area contributed by atoms with Crippen molar-refractivity contribution in [2.75, 3.05) is 0 Å². The Morgan fingerprint density at radius 1 is 1.04 bits per heavy atom. The van der Waals surface area contributed by atoms with Gasteiger partial charge in [-0.25, -0.2) is 0 Å². The average molecular weight is 391 g/mol. The van der Waals surface area contributed by atoms with Crippen LogP contribution in [0.4, 0.5) is 0 Å². The van der Waals surface area contributed by atoms with E-state index in [-0.39, 0.29) is 0 Å². The molecule has 0 saturated heterocycles. The van der Waals surface area contributed by atoms with Crippen LogP contribution in [0.2, 0.25) is 10.0 Å². The van der Waals surface area contributed by atoms with Crippen LogP contribution in [0.15, 0.2) is 36.4 Å². The predicted molar refractivity (Wildman–Crippen MR) is 110 cm³/mol. The Morgan fingerprint density at radius 3 is 2.35 bits per heavy atom. The summed E-state index contributed by atoms with van der Waals surface area (Å²) >= 11 is 12.5. The monoisotopic (exact) mass is 390 g/mol. The van der Waals surface area contributed by atoms with Crippen molar-refractivity contribution in [1.29, 1.82) is 0 Å². The summed E-state index contributed by atoms with van der Waals surface area (Å²) in [7, 11) is 1.90. The molecule has 2 aromatic carbocycles. The molecule has 0 aliphatic heterocycles. The summed E-state index contributed by atoms with van der Waals surface area (Å²) in [6, 6.07) is 11.5. The molecule has 5 heteroatoms. The van der Waals surface area contributed by atoms with Gasteiger partial charge in [0.15, 0.2) is 0 Å². The van der Waals surface area contributed by atoms with E-state index in [1.54, 1.807) is 6.07 Å². The van der Waals surface area contributed by atoms with Crippen LogP contribution >= 0.6 is 23.2 Å². The van der Waals surface area contributed by atoms with Gasteiger partial charge in [-0.2, -0.15) is 5.10 Å². The Balaban J connectivity index is 2.25. The first-order chi connectivity index (χ1) is 12.4. The molecule has 0 fully saturated rings. The van der Waals surface area contributed by atoms with Crippen LogP contribution in [-0.4, -0.2) is 14.9 Å². The molecule has 1 heterocycles. The standard InChI is InChI=1S/C21H24Cl2N2O/c1-4-11-21(26,12-5-2)20-17-8-6-7-16(19(17)24-25(20)3)15-10-9-14(22)13-18(15)23/h6-10,13,26H,4-5,11-12H2,1-3H3. The fourth-order valence-corrected chi connectivity index (χ4v) is 4.39. The number of nitrogens with zero attached hydrogens (tertiary/aromatic N) is 2. The van der Waals surface area contributed by atoms with E-state index >= 15 is 0 Å². The molecule has 0 spiro atoms. The minimum Gasteiger partial charge on any atom is -0.384 e. The van der Waals surface area contributed by atoms with Gasteiger partial charge in [0.25, 0.3) is 0 Å². The Bertz CT molecular complexity index is 927. The van der Waals surface area contributed by atoms with Gasteiger partial charge in [0.2, 0.25) is 0 Å². The molecule has 0 radical (unpaired) electrons. The van der Waals surface area contributed by atoms with Gasteiger partial charge in [0.1, 0.15) is 11.1 Å². The van der Waals surface area contributed by atoms with Crippen molar-refractivity contribution in [2.45, 2.75) is 45.1 Å². The fourth-order valence-electron chi connectivity index (χ4n) is 3.88. The second kappa shape index (κ2) is 7.59. The van der Waals surface area contributed by atoms with Gasteiger partial charge in [0, 0.05) is 33.6 Å². The van der Waals surface area contributed by atoms with E-state index in [9.17, 15) is 5.11 Å². The zero-order chi connectivity index (χ0) is 18.9. The summed E-state index contributed by atoms with van der Waals surface area (Å²) in [5.41, 5.74) is 2.68. The van der Waals surface area contributed by atoms with Crippen LogP contribution in [0, 0.1) is 0 Å². The number of hydrogen-bond acceptors (Lipinski definition) is 2. The normalized spacial score (nSPS) is 12.1. The van der Waals surface area contributed by atoms with Crippen molar-refractivity contribution in [2.24, 2.45) is 7.05 Å². The Labute approximate surface area is 164 Å². The van der Waals surface area contributed by atoms with Crippen molar-refractivity contribution in [3.63, 3.8) is 0 Å². The third-order valence-corrected chi connectivity index (χ3v) is 5.40. The molecule has 0 aliphatic rings. The first kappa shape index (κ1) is 19.2. The van der Waals surface area contributed by atoms with Gasteiger partial charge in [-0.15, -0.1) is 0 Å². The summed E-state index contributed by atoms with van der Waals surface area (Å²) in [4.78, 5) is 0. The number of aliphatic hydroxyl groups is 1. The maximum absolute atomic E-state index is 11.4. The lowest BCUT2D eigenvalue weighted by Gasteiger charge is -2.28. The van der Waals surface area contributed by atoms with Gasteiger partial charge in [-0.05, 0) is 25.0 Å². The lowest BCUT2D eigenvalue weighted by atomic mass is 9.87. The number of hydrogen-bond donors (Lipinski definition) is 1. The molecule has 3 rings (SSSR count). The zero-order valence-electron chi connectivity index (χ0n) is 15.4. The van der Waals surface area contributed by atoms with Crippen molar-refractivity contribution in [3.05, 3.63) is 52.1 Å². The minimum atomic E-state index is -0.880. The van der Waals surface area contributed by atoms with Crippen molar-refractivity contribution >= 4 is 34.1 Å². The molecule has 0 atom stereocenters. The average Bonchev–Trinajstić information content (AvgIpc) is 2.92. The summed E-state index contributed by atoms with van der Waals surface area (Å²) in [6.45, 7) is 4.19. The van der Waals surface area contributed by atoms with Crippen LogP contribution in [0.3, 0.4) is 0 Å². The van der Waals surface area contributed by atoms with Gasteiger partial charge < -0.3 is 5.11 Å². The summed E-state index contributed by atoms with van der Waals surface area (Å²) < 4.78 is 1.82. The van der Waals surface area contributed by atoms with E-state index < -0.39 is 5.60 Å². The summed E-state index contributed by atoms with van der Waals surface area (Å²) in [5, 5.41) is 18.3. The molecule has 1 aromatic heterocycles. The van der Waals surface area contributed by atoms with Gasteiger partial charge >= 0.3 is 0 Å². The van der Waals surface area contributed by atoms with E-state index in [2.05, 4.69) is 13.8 Å². The fraction of sp³-hybridized carbons (Fsp3) is 0.381. The van der Waals surface area contributed by atoms with E-state index in [0.29, 0.717) is 22.9 Å². The van der Waals surface area contributed by atoms with Crippen LogP contribution in [0.1, 0.15) is 45.2 Å². The maximum atomic E-state index is 11.4. The molecule has 0 aliphatic carbocycles. The van der Waals surface area contributed by atoms with Gasteiger partial charge in [-0.1, -0.05) is 74.2 Å². The summed E-state index contributed by atoms with van der Waals surface area (Å²) in [6.07, 6.45) is 3.24. The van der Waals surface area contributed by atoms with Gasteiger partial charge in [0.05, 0.1) is 5.69 Å². The molecular weight excluding hydrogens is 367 g/mol. The first-order valence-electron chi connectivity index (χ1n) is 9.05. The lowest BCUT2D eigenvalue weighted by Crippen LogP contribution is -2.28. The molecule has 0 amide bonds. The Morgan fingerprint density at radius 2 is 1.73 bits per heavy atom. The number of aromatic nitrogens is 2. The highest BCUT2D eigenvalue weighted by Gasteiger charge is 2.33. The van der Waals surface area contributed by atoms with Crippen molar-refractivity contribution in [3.8, 4) is 11.1 Å². The highest BCUT2D eigenvalue weighted by atomic mass is 35.5. The second-order valence-electron chi connectivity index (χ2n) is 6.83. The first-order valence-corrected chi connectivity index (χ1v) is 9.81. The molecular formula is C21H24Cl2N2O. The highest BCUT2D eigenvalue weighted by molar-refractivity contribution is 6.36. The Kier molecular flexibility index (Phi) is 5.61. The third kappa shape index (κ3) is 3.36. The second-order valence-corrected chi connectivity index (χ2v) is 7.67. The van der Waals surface area contributed by atoms with Crippen LogP contribution in [-0.2, 0) is 12.6 Å². The maximum Gasteiger partial charge on any atom is 0.107 e. The number of halogens is 2. The predicted octanol–water partition coefficient (Wildman–Crippen LogP) is 6.33. The van der Waals surface area contributed by atoms with Gasteiger partial charge in [-0.3, -0.25) is 4.68 Å². The topological polar surface area (TPSA) is 38.1 Å². The smallest absolute Gasteiger partial charge is 0.107 e. The number of rotatable bonds is 6. The van der Waals surface area contributed by atoms with E-state index in [4.69, 9.17) is 28.3 Å². The zero-order valence-corrected chi connectivity index (χ0v) is 16.9. The minimum absolute atomic E-state index is 0.592. The van der Waals surface area contributed by atoms with Crippen molar-refractivity contribution < 1.29 is 5.11 Å². The van der Waals surface area contributed by atoms with E-state index in [0.717, 1.165) is 40.6 Å².